The highest BCUT2D eigenvalue weighted by Gasteiger charge is 2.47. The van der Waals surface area contributed by atoms with Gasteiger partial charge in [0.2, 0.25) is 0 Å². The first kappa shape index (κ1) is 30.6. The molecule has 3 rings (SSSR count). The summed E-state index contributed by atoms with van der Waals surface area (Å²) in [5.41, 5.74) is 0.141. The van der Waals surface area contributed by atoms with Gasteiger partial charge in [-0.15, -0.1) is 0 Å². The molecule has 2 unspecified atom stereocenters. The molecule has 2 heterocycles. The number of amides is 1. The van der Waals surface area contributed by atoms with Crippen molar-refractivity contribution in [2.45, 2.75) is 38.3 Å². The van der Waals surface area contributed by atoms with E-state index in [0.29, 0.717) is 33.2 Å². The van der Waals surface area contributed by atoms with Crippen LogP contribution in [0.5, 0.6) is 0 Å². The standard InChI is InChI=1S/C26H33Br2N7O4/c1-4-8-33(10-7-29-5-2)9-6-18-11-20(27)13-22(35(38)39)24(18)31-23-16-34(17-26(23,3)32-37)25(36)19-12-21(28)15-30-14-19/h5,11-15,23,29,31H,2,4,6-10,16-17H2,1,3H3. The fourth-order valence-corrected chi connectivity index (χ4v) is 5.58. The van der Waals surface area contributed by atoms with Gasteiger partial charge >= 0.3 is 0 Å². The van der Waals surface area contributed by atoms with Crippen LogP contribution in [-0.4, -0.2) is 76.5 Å². The van der Waals surface area contributed by atoms with Crippen LogP contribution in [0.3, 0.4) is 0 Å². The maximum Gasteiger partial charge on any atom is 0.293 e. The minimum Gasteiger partial charge on any atom is -0.390 e. The summed E-state index contributed by atoms with van der Waals surface area (Å²) >= 11 is 6.74. The first-order valence-corrected chi connectivity index (χ1v) is 14.2. The third-order valence-electron chi connectivity index (χ3n) is 6.75. The monoisotopic (exact) mass is 665 g/mol. The molecule has 2 aromatic rings. The second kappa shape index (κ2) is 13.9. The Hall–Kier alpha value is -2.90. The average molecular weight is 667 g/mol. The van der Waals surface area contributed by atoms with Gasteiger partial charge in [-0.05, 0) is 66.1 Å². The number of halogens is 2. The zero-order valence-corrected chi connectivity index (χ0v) is 25.2. The van der Waals surface area contributed by atoms with E-state index in [1.165, 1.54) is 17.2 Å². The number of carbonyl (C=O) groups excluding carboxylic acids is 1. The molecule has 13 heteroatoms. The molecule has 1 aromatic heterocycles. The van der Waals surface area contributed by atoms with Crippen molar-refractivity contribution in [2.75, 3.05) is 44.6 Å². The second-order valence-corrected chi connectivity index (χ2v) is 11.5. The second-order valence-electron chi connectivity index (χ2n) is 9.69. The molecule has 2 N–H and O–H groups in total. The van der Waals surface area contributed by atoms with Crippen LogP contribution < -0.4 is 10.6 Å². The summed E-state index contributed by atoms with van der Waals surface area (Å²) in [5, 5.41) is 21.8. The number of benzene rings is 1. The molecule has 210 valence electrons. The lowest BCUT2D eigenvalue weighted by Gasteiger charge is -2.26. The molecule has 1 saturated heterocycles. The van der Waals surface area contributed by atoms with Crippen LogP contribution in [0.2, 0.25) is 0 Å². The van der Waals surface area contributed by atoms with Gasteiger partial charge in [-0.3, -0.25) is 19.9 Å². The van der Waals surface area contributed by atoms with Crippen LogP contribution in [0.25, 0.3) is 0 Å². The zero-order chi connectivity index (χ0) is 28.6. The van der Waals surface area contributed by atoms with Crippen LogP contribution in [0, 0.1) is 15.0 Å². The minimum absolute atomic E-state index is 0.0692. The van der Waals surface area contributed by atoms with E-state index < -0.39 is 16.5 Å². The van der Waals surface area contributed by atoms with Gasteiger partial charge < -0.3 is 20.4 Å². The summed E-state index contributed by atoms with van der Waals surface area (Å²) in [4.78, 5) is 44.8. The summed E-state index contributed by atoms with van der Waals surface area (Å²) in [5.74, 6) is -0.295. The number of nitro benzene ring substituents is 1. The number of nitrogens with one attached hydrogen (secondary N) is 2. The molecule has 39 heavy (non-hydrogen) atoms. The van der Waals surface area contributed by atoms with E-state index in [-0.39, 0.29) is 24.7 Å². The Balaban J connectivity index is 1.89. The van der Waals surface area contributed by atoms with Crippen LogP contribution in [0.15, 0.2) is 57.5 Å². The van der Waals surface area contributed by atoms with Crippen molar-refractivity contribution in [3.63, 3.8) is 0 Å². The van der Waals surface area contributed by atoms with Gasteiger partial charge in [-0.1, -0.05) is 34.6 Å². The van der Waals surface area contributed by atoms with Crippen molar-refractivity contribution in [1.29, 1.82) is 0 Å². The van der Waals surface area contributed by atoms with Crippen molar-refractivity contribution in [3.8, 4) is 0 Å². The molecule has 2 atom stereocenters. The molecule has 1 aromatic carbocycles. The molecular weight excluding hydrogens is 634 g/mol. The fourth-order valence-electron chi connectivity index (χ4n) is 4.72. The van der Waals surface area contributed by atoms with Crippen molar-refractivity contribution in [2.24, 2.45) is 5.18 Å². The zero-order valence-electron chi connectivity index (χ0n) is 22.0. The summed E-state index contributed by atoms with van der Waals surface area (Å²) in [6.07, 6.45) is 6.21. The Morgan fingerprint density at radius 3 is 2.72 bits per heavy atom. The topological polar surface area (TPSA) is 133 Å². The fraction of sp³-hybridized carbons (Fsp3) is 0.462. The van der Waals surface area contributed by atoms with Gasteiger partial charge in [0.1, 0.15) is 11.2 Å². The SMILES string of the molecule is C=CNCCN(CCC)CCc1cc(Br)cc([N+](=O)[O-])c1NC1CN(C(=O)c2cncc(Br)c2)CC1(C)N=O. The van der Waals surface area contributed by atoms with Gasteiger partial charge in [-0.2, -0.15) is 4.91 Å². The predicted molar refractivity (Wildman–Crippen MR) is 159 cm³/mol. The number of aromatic nitrogens is 1. The molecule has 0 saturated carbocycles. The van der Waals surface area contributed by atoms with Crippen molar-refractivity contribution in [1.82, 2.24) is 20.1 Å². The molecule has 1 fully saturated rings. The molecular formula is C26H33Br2N7O4. The lowest BCUT2D eigenvalue weighted by molar-refractivity contribution is -0.384. The molecule has 1 amide bonds. The number of nitrogens with zero attached hydrogens (tertiary/aromatic N) is 5. The number of nitro groups is 1. The number of hydrogen-bond acceptors (Lipinski definition) is 9. The van der Waals surface area contributed by atoms with Crippen LogP contribution >= 0.6 is 31.9 Å². The van der Waals surface area contributed by atoms with Crippen molar-refractivity contribution >= 4 is 49.1 Å². The molecule has 11 nitrogen and oxygen atoms in total. The van der Waals surface area contributed by atoms with Gasteiger partial charge in [0.15, 0.2) is 0 Å². The largest absolute Gasteiger partial charge is 0.390 e. The van der Waals surface area contributed by atoms with E-state index in [1.54, 1.807) is 25.4 Å². The highest BCUT2D eigenvalue weighted by Crippen LogP contribution is 2.37. The van der Waals surface area contributed by atoms with Gasteiger partial charge in [0.25, 0.3) is 11.6 Å². The Labute approximate surface area is 244 Å². The van der Waals surface area contributed by atoms with Crippen molar-refractivity contribution in [3.05, 3.63) is 78.5 Å². The molecule has 0 bridgehead atoms. The Bertz CT molecular complexity index is 1210. The number of likely N-dealkylation sites (tertiary alicyclic amines) is 1. The Morgan fingerprint density at radius 1 is 1.31 bits per heavy atom. The lowest BCUT2D eigenvalue weighted by atomic mass is 9.96. The van der Waals surface area contributed by atoms with E-state index in [4.69, 9.17) is 0 Å². The van der Waals surface area contributed by atoms with E-state index in [2.05, 4.69) is 71.1 Å². The summed E-state index contributed by atoms with van der Waals surface area (Å²) in [7, 11) is 0. The number of anilines is 1. The average Bonchev–Trinajstić information content (AvgIpc) is 3.24. The number of nitroso groups, excluding NO2 is 1. The first-order chi connectivity index (χ1) is 18.6. The number of hydrogen-bond donors (Lipinski definition) is 2. The molecule has 1 aliphatic heterocycles. The van der Waals surface area contributed by atoms with Crippen molar-refractivity contribution < 1.29 is 9.72 Å². The maximum absolute atomic E-state index is 13.2. The molecule has 0 radical (unpaired) electrons. The number of pyridine rings is 1. The van der Waals surface area contributed by atoms with E-state index in [0.717, 1.165) is 31.6 Å². The quantitative estimate of drug-likeness (QED) is 0.125. The van der Waals surface area contributed by atoms with Crippen LogP contribution in [-0.2, 0) is 6.42 Å². The van der Waals surface area contributed by atoms with E-state index in [1.807, 2.05) is 6.07 Å². The lowest BCUT2D eigenvalue weighted by Crippen LogP contribution is -2.41. The normalized spacial score (nSPS) is 18.7. The van der Waals surface area contributed by atoms with E-state index >= 15 is 0 Å². The highest BCUT2D eigenvalue weighted by atomic mass is 79.9. The van der Waals surface area contributed by atoms with E-state index in [9.17, 15) is 19.8 Å². The Kier molecular flexibility index (Phi) is 11.0. The summed E-state index contributed by atoms with van der Waals surface area (Å²) in [6.45, 7) is 10.8. The molecule has 0 spiro atoms. The highest BCUT2D eigenvalue weighted by molar-refractivity contribution is 9.10. The van der Waals surface area contributed by atoms with Gasteiger partial charge in [0.05, 0.1) is 23.1 Å². The smallest absolute Gasteiger partial charge is 0.293 e. The first-order valence-electron chi connectivity index (χ1n) is 12.7. The third kappa shape index (κ3) is 7.83. The number of carbonyl (C=O) groups is 1. The molecule has 0 aliphatic carbocycles. The predicted octanol–water partition coefficient (Wildman–Crippen LogP) is 4.96. The Morgan fingerprint density at radius 2 is 2.08 bits per heavy atom. The van der Waals surface area contributed by atoms with Crippen LogP contribution in [0.1, 0.15) is 36.2 Å². The van der Waals surface area contributed by atoms with Crippen LogP contribution in [0.4, 0.5) is 11.4 Å². The third-order valence-corrected chi connectivity index (χ3v) is 7.64. The van der Waals surface area contributed by atoms with Gasteiger partial charge in [-0.25, -0.2) is 0 Å². The molecule has 1 aliphatic rings. The summed E-state index contributed by atoms with van der Waals surface area (Å²) in [6, 6.07) is 4.33. The number of rotatable bonds is 14. The van der Waals surface area contributed by atoms with Gasteiger partial charge in [0, 0.05) is 53.6 Å². The maximum atomic E-state index is 13.2. The minimum atomic E-state index is -1.20. The summed E-state index contributed by atoms with van der Waals surface area (Å²) < 4.78 is 1.25.